The fraction of sp³-hybridized carbons (Fsp3) is 0.625. The molecule has 1 aliphatic rings. The summed E-state index contributed by atoms with van der Waals surface area (Å²) in [4.78, 5) is 2.50. The van der Waals surface area contributed by atoms with Crippen molar-refractivity contribution in [3.05, 3.63) is 24.3 Å². The van der Waals surface area contributed by atoms with Crippen molar-refractivity contribution in [2.45, 2.75) is 57.9 Å². The van der Waals surface area contributed by atoms with Crippen molar-refractivity contribution in [1.82, 2.24) is 0 Å². The summed E-state index contributed by atoms with van der Waals surface area (Å²) >= 11 is 0. The smallest absolute Gasteiger partial charge is 0.117 e. The molecule has 0 atom stereocenters. The van der Waals surface area contributed by atoms with E-state index in [4.69, 9.17) is 0 Å². The van der Waals surface area contributed by atoms with Crippen molar-refractivity contribution in [3.8, 4) is 5.75 Å². The van der Waals surface area contributed by atoms with Crippen LogP contribution in [-0.4, -0.2) is 17.7 Å². The lowest BCUT2D eigenvalue weighted by Crippen LogP contribution is -2.35. The topological polar surface area (TPSA) is 23.5 Å². The minimum Gasteiger partial charge on any atom is -0.508 e. The lowest BCUT2D eigenvalue weighted by molar-refractivity contribution is 0.473. The van der Waals surface area contributed by atoms with Gasteiger partial charge in [-0.15, -0.1) is 0 Å². The van der Waals surface area contributed by atoms with Crippen LogP contribution in [-0.2, 0) is 0 Å². The number of aromatic hydroxyl groups is 1. The van der Waals surface area contributed by atoms with Gasteiger partial charge >= 0.3 is 0 Å². The quantitative estimate of drug-likeness (QED) is 0.800. The predicted molar refractivity (Wildman–Crippen MR) is 77.2 cm³/mol. The van der Waals surface area contributed by atoms with Gasteiger partial charge in [0.1, 0.15) is 5.75 Å². The van der Waals surface area contributed by atoms with Crippen LogP contribution in [0.25, 0.3) is 0 Å². The SMILES string of the molecule is CCCN(c1cccc(O)c1)C1CCCCCC1. The molecule has 1 aliphatic carbocycles. The van der Waals surface area contributed by atoms with E-state index in [1.165, 1.54) is 44.2 Å². The molecule has 0 aromatic heterocycles. The largest absolute Gasteiger partial charge is 0.508 e. The molecule has 0 aliphatic heterocycles. The van der Waals surface area contributed by atoms with Crippen molar-refractivity contribution in [2.75, 3.05) is 11.4 Å². The van der Waals surface area contributed by atoms with Crippen molar-refractivity contribution in [2.24, 2.45) is 0 Å². The summed E-state index contributed by atoms with van der Waals surface area (Å²) in [6.45, 7) is 3.32. The molecule has 1 N–H and O–H groups in total. The molecule has 1 fully saturated rings. The number of hydrogen-bond donors (Lipinski definition) is 1. The summed E-state index contributed by atoms with van der Waals surface area (Å²) in [5, 5.41) is 9.66. The van der Waals surface area contributed by atoms with E-state index < -0.39 is 0 Å². The van der Waals surface area contributed by atoms with Gasteiger partial charge < -0.3 is 10.0 Å². The standard InChI is InChI=1S/C16H25NO/c1-2-12-17(14-8-5-3-4-6-9-14)15-10-7-11-16(18)13-15/h7,10-11,13-14,18H,2-6,8-9,12H2,1H3. The van der Waals surface area contributed by atoms with E-state index in [9.17, 15) is 5.11 Å². The Balaban J connectivity index is 2.15. The van der Waals surface area contributed by atoms with Crippen molar-refractivity contribution >= 4 is 5.69 Å². The zero-order valence-electron chi connectivity index (χ0n) is 11.4. The number of rotatable bonds is 4. The number of benzene rings is 1. The molecule has 100 valence electrons. The third kappa shape index (κ3) is 3.41. The van der Waals surface area contributed by atoms with E-state index in [1.54, 1.807) is 6.07 Å². The Labute approximate surface area is 111 Å². The highest BCUT2D eigenvalue weighted by atomic mass is 16.3. The highest BCUT2D eigenvalue weighted by Crippen LogP contribution is 2.28. The van der Waals surface area contributed by atoms with E-state index in [0.29, 0.717) is 11.8 Å². The average Bonchev–Trinajstić information content (AvgIpc) is 2.64. The molecule has 0 radical (unpaired) electrons. The maximum absolute atomic E-state index is 9.66. The van der Waals surface area contributed by atoms with Crippen LogP contribution in [0.3, 0.4) is 0 Å². The molecule has 18 heavy (non-hydrogen) atoms. The number of anilines is 1. The van der Waals surface area contributed by atoms with Gasteiger partial charge in [-0.05, 0) is 31.4 Å². The lowest BCUT2D eigenvalue weighted by atomic mass is 10.1. The maximum atomic E-state index is 9.66. The molecular weight excluding hydrogens is 222 g/mol. The van der Waals surface area contributed by atoms with E-state index in [-0.39, 0.29) is 0 Å². The van der Waals surface area contributed by atoms with Crippen LogP contribution in [0.2, 0.25) is 0 Å². The first-order chi connectivity index (χ1) is 8.81. The first-order valence-electron chi connectivity index (χ1n) is 7.37. The number of hydrogen-bond acceptors (Lipinski definition) is 2. The summed E-state index contributed by atoms with van der Waals surface area (Å²) in [5.41, 5.74) is 1.18. The maximum Gasteiger partial charge on any atom is 0.117 e. The van der Waals surface area contributed by atoms with Crippen LogP contribution in [0.1, 0.15) is 51.9 Å². The fourth-order valence-corrected chi connectivity index (χ4v) is 3.00. The zero-order valence-corrected chi connectivity index (χ0v) is 11.4. The van der Waals surface area contributed by atoms with Gasteiger partial charge in [0.15, 0.2) is 0 Å². The van der Waals surface area contributed by atoms with Gasteiger partial charge in [-0.2, -0.15) is 0 Å². The van der Waals surface area contributed by atoms with Gasteiger partial charge in [0.05, 0.1) is 0 Å². The Kier molecular flexibility index (Phi) is 4.91. The Hall–Kier alpha value is -1.18. The van der Waals surface area contributed by atoms with Gasteiger partial charge in [-0.1, -0.05) is 38.7 Å². The highest BCUT2D eigenvalue weighted by molar-refractivity contribution is 5.51. The molecule has 1 aromatic carbocycles. The normalized spacial score (nSPS) is 17.4. The summed E-state index contributed by atoms with van der Waals surface area (Å²) < 4.78 is 0. The van der Waals surface area contributed by atoms with E-state index in [1.807, 2.05) is 12.1 Å². The molecule has 0 amide bonds. The van der Waals surface area contributed by atoms with E-state index >= 15 is 0 Å². The number of phenols is 1. The van der Waals surface area contributed by atoms with Crippen molar-refractivity contribution < 1.29 is 5.11 Å². The molecule has 0 bridgehead atoms. The Morgan fingerprint density at radius 1 is 1.17 bits per heavy atom. The second-order valence-electron chi connectivity index (χ2n) is 5.36. The summed E-state index contributed by atoms with van der Waals surface area (Å²) in [6, 6.07) is 8.39. The molecule has 2 nitrogen and oxygen atoms in total. The Morgan fingerprint density at radius 2 is 1.89 bits per heavy atom. The van der Waals surface area contributed by atoms with E-state index in [0.717, 1.165) is 13.0 Å². The molecule has 0 spiro atoms. The average molecular weight is 247 g/mol. The third-order valence-corrected chi connectivity index (χ3v) is 3.89. The number of nitrogens with zero attached hydrogens (tertiary/aromatic N) is 1. The van der Waals surface area contributed by atoms with Crippen LogP contribution >= 0.6 is 0 Å². The zero-order chi connectivity index (χ0) is 12.8. The van der Waals surface area contributed by atoms with Gasteiger partial charge in [0, 0.05) is 24.3 Å². The van der Waals surface area contributed by atoms with Crippen molar-refractivity contribution in [1.29, 1.82) is 0 Å². The van der Waals surface area contributed by atoms with Crippen LogP contribution in [0.15, 0.2) is 24.3 Å². The molecule has 2 heteroatoms. The molecule has 2 rings (SSSR count). The lowest BCUT2D eigenvalue weighted by Gasteiger charge is -2.33. The Bertz CT molecular complexity index is 356. The second kappa shape index (κ2) is 6.67. The van der Waals surface area contributed by atoms with Crippen LogP contribution < -0.4 is 4.90 Å². The highest BCUT2D eigenvalue weighted by Gasteiger charge is 2.19. The molecule has 1 aromatic rings. The predicted octanol–water partition coefficient (Wildman–Crippen LogP) is 4.33. The minimum atomic E-state index is 0.377. The second-order valence-corrected chi connectivity index (χ2v) is 5.36. The van der Waals surface area contributed by atoms with Crippen LogP contribution in [0.5, 0.6) is 5.75 Å². The van der Waals surface area contributed by atoms with Gasteiger partial charge in [0.2, 0.25) is 0 Å². The monoisotopic (exact) mass is 247 g/mol. The molecule has 0 unspecified atom stereocenters. The number of phenolic OH excluding ortho intramolecular Hbond substituents is 1. The van der Waals surface area contributed by atoms with Crippen molar-refractivity contribution in [3.63, 3.8) is 0 Å². The van der Waals surface area contributed by atoms with Crippen LogP contribution in [0.4, 0.5) is 5.69 Å². The molecular formula is C16H25NO. The summed E-state index contributed by atoms with van der Waals surface area (Å²) in [7, 11) is 0. The van der Waals surface area contributed by atoms with Crippen LogP contribution in [0, 0.1) is 0 Å². The fourth-order valence-electron chi connectivity index (χ4n) is 3.00. The summed E-state index contributed by atoms with van der Waals surface area (Å²) in [5.74, 6) is 0.377. The first kappa shape index (κ1) is 13.3. The Morgan fingerprint density at radius 3 is 2.50 bits per heavy atom. The third-order valence-electron chi connectivity index (χ3n) is 3.89. The van der Waals surface area contributed by atoms with Gasteiger partial charge in [-0.3, -0.25) is 0 Å². The molecule has 0 saturated heterocycles. The molecule has 0 heterocycles. The van der Waals surface area contributed by atoms with Gasteiger partial charge in [0.25, 0.3) is 0 Å². The van der Waals surface area contributed by atoms with E-state index in [2.05, 4.69) is 17.9 Å². The molecule has 1 saturated carbocycles. The van der Waals surface area contributed by atoms with Gasteiger partial charge in [-0.25, -0.2) is 0 Å². The summed E-state index contributed by atoms with van der Waals surface area (Å²) in [6.07, 6.45) is 9.23. The first-order valence-corrected chi connectivity index (χ1v) is 7.37. The minimum absolute atomic E-state index is 0.377.